The summed E-state index contributed by atoms with van der Waals surface area (Å²) in [5.74, 6) is 1.27. The van der Waals surface area contributed by atoms with E-state index in [1.54, 1.807) is 0 Å². The zero-order chi connectivity index (χ0) is 22.8. The van der Waals surface area contributed by atoms with Crippen LogP contribution in [0.2, 0.25) is 0 Å². The monoisotopic (exact) mass is 440 g/mol. The first-order valence-electron chi connectivity index (χ1n) is 11.8. The van der Waals surface area contributed by atoms with E-state index >= 15 is 0 Å². The molecule has 0 amide bonds. The highest BCUT2D eigenvalue weighted by Gasteiger charge is 2.33. The van der Waals surface area contributed by atoms with Gasteiger partial charge in [-0.25, -0.2) is 0 Å². The van der Waals surface area contributed by atoms with Gasteiger partial charge >= 0.3 is 0 Å². The van der Waals surface area contributed by atoms with Crippen LogP contribution in [-0.4, -0.2) is 6.10 Å². The Bertz CT molecular complexity index is 1660. The number of aryl methyl sites for hydroxylation is 2. The lowest BCUT2D eigenvalue weighted by Crippen LogP contribution is -2.17. The van der Waals surface area contributed by atoms with Crippen LogP contribution in [0, 0.1) is 13.8 Å². The Morgan fingerprint density at radius 1 is 0.676 bits per heavy atom. The molecular formula is C32H24O2. The van der Waals surface area contributed by atoms with Gasteiger partial charge in [0.05, 0.1) is 0 Å². The summed E-state index contributed by atoms with van der Waals surface area (Å²) < 4.78 is 12.2. The number of rotatable bonds is 2. The fourth-order valence-electron chi connectivity index (χ4n) is 5.37. The van der Waals surface area contributed by atoms with Crippen LogP contribution in [0.15, 0.2) is 102 Å². The average molecular weight is 441 g/mol. The maximum absolute atomic E-state index is 6.18. The van der Waals surface area contributed by atoms with Gasteiger partial charge in [-0.1, -0.05) is 65.7 Å². The highest BCUT2D eigenvalue weighted by molar-refractivity contribution is 6.06. The summed E-state index contributed by atoms with van der Waals surface area (Å²) in [7, 11) is 0. The lowest BCUT2D eigenvalue weighted by molar-refractivity contribution is 0.269. The van der Waals surface area contributed by atoms with Gasteiger partial charge < -0.3 is 9.15 Å². The first kappa shape index (κ1) is 19.4. The van der Waals surface area contributed by atoms with E-state index in [0.29, 0.717) is 0 Å². The van der Waals surface area contributed by atoms with Crippen LogP contribution in [-0.2, 0) is 0 Å². The van der Waals surface area contributed by atoms with Crippen molar-refractivity contribution in [3.8, 4) is 16.9 Å². The standard InChI is InChI=1S/C32H24O2/c1-19-6-10-29-25(14-19)27-17-23(8-12-31(27)33-29)21-4-3-5-22(16-21)24-9-13-32-28(18-24)26-15-20(2)7-11-30(26)34-32/h3-18,27,31H,1-2H3. The van der Waals surface area contributed by atoms with Gasteiger partial charge in [0.2, 0.25) is 0 Å². The third kappa shape index (κ3) is 3.03. The second kappa shape index (κ2) is 7.23. The summed E-state index contributed by atoms with van der Waals surface area (Å²) in [5, 5.41) is 2.34. The van der Waals surface area contributed by atoms with Gasteiger partial charge in [-0.05, 0) is 78.6 Å². The van der Waals surface area contributed by atoms with E-state index in [1.165, 1.54) is 44.3 Å². The smallest absolute Gasteiger partial charge is 0.135 e. The van der Waals surface area contributed by atoms with Crippen LogP contribution < -0.4 is 4.74 Å². The van der Waals surface area contributed by atoms with Gasteiger partial charge in [-0.15, -0.1) is 0 Å². The molecule has 0 fully saturated rings. The molecule has 4 aromatic carbocycles. The lowest BCUT2D eigenvalue weighted by atomic mass is 9.86. The van der Waals surface area contributed by atoms with Gasteiger partial charge in [0.1, 0.15) is 23.0 Å². The molecule has 1 aromatic heterocycles. The summed E-state index contributed by atoms with van der Waals surface area (Å²) in [5.41, 5.74) is 10.5. The van der Waals surface area contributed by atoms with E-state index in [2.05, 4.69) is 111 Å². The van der Waals surface area contributed by atoms with Crippen molar-refractivity contribution in [2.75, 3.05) is 0 Å². The van der Waals surface area contributed by atoms with Crippen LogP contribution in [0.1, 0.15) is 28.2 Å². The number of benzene rings is 4. The van der Waals surface area contributed by atoms with Crippen LogP contribution in [0.3, 0.4) is 0 Å². The fourth-order valence-corrected chi connectivity index (χ4v) is 5.37. The molecule has 2 aliphatic rings. The summed E-state index contributed by atoms with van der Waals surface area (Å²) >= 11 is 0. The molecule has 0 saturated heterocycles. The van der Waals surface area contributed by atoms with E-state index < -0.39 is 0 Å². The molecule has 2 heteroatoms. The first-order chi connectivity index (χ1) is 16.6. The van der Waals surface area contributed by atoms with Gasteiger partial charge in [0, 0.05) is 22.3 Å². The Morgan fingerprint density at radius 3 is 2.32 bits per heavy atom. The van der Waals surface area contributed by atoms with Gasteiger partial charge in [-0.2, -0.15) is 0 Å². The number of hydrogen-bond acceptors (Lipinski definition) is 2. The molecular weight excluding hydrogens is 416 g/mol. The minimum atomic E-state index is 0.0870. The molecule has 2 heterocycles. The fraction of sp³-hybridized carbons (Fsp3) is 0.125. The quantitative estimate of drug-likeness (QED) is 0.275. The van der Waals surface area contributed by atoms with Crippen molar-refractivity contribution >= 4 is 27.5 Å². The van der Waals surface area contributed by atoms with Crippen LogP contribution in [0.4, 0.5) is 0 Å². The van der Waals surface area contributed by atoms with Gasteiger partial charge in [0.15, 0.2) is 0 Å². The van der Waals surface area contributed by atoms with Crippen molar-refractivity contribution < 1.29 is 9.15 Å². The van der Waals surface area contributed by atoms with Gasteiger partial charge in [0.25, 0.3) is 0 Å². The van der Waals surface area contributed by atoms with E-state index in [1.807, 2.05) is 0 Å². The number of fused-ring (bicyclic) bond motifs is 6. The Hall–Kier alpha value is -4.04. The second-order valence-corrected chi connectivity index (χ2v) is 9.52. The molecule has 0 bridgehead atoms. The third-order valence-corrected chi connectivity index (χ3v) is 7.12. The molecule has 5 aromatic rings. The Morgan fingerprint density at radius 2 is 1.41 bits per heavy atom. The van der Waals surface area contributed by atoms with E-state index in [9.17, 15) is 0 Å². The average Bonchev–Trinajstić information content (AvgIpc) is 3.41. The summed E-state index contributed by atoms with van der Waals surface area (Å²) in [6, 6.07) is 28.2. The van der Waals surface area contributed by atoms with Crippen molar-refractivity contribution in [3.05, 3.63) is 119 Å². The minimum absolute atomic E-state index is 0.0870. The van der Waals surface area contributed by atoms with E-state index in [4.69, 9.17) is 9.15 Å². The molecule has 1 aliphatic carbocycles. The number of ether oxygens (including phenoxy) is 1. The zero-order valence-electron chi connectivity index (χ0n) is 19.2. The van der Waals surface area contributed by atoms with Crippen molar-refractivity contribution in [2.24, 2.45) is 0 Å². The largest absolute Gasteiger partial charge is 0.485 e. The SMILES string of the molecule is Cc1ccc2c(c1)C1C=C(c3cccc(-c4ccc5oc6ccc(C)cc6c5c4)c3)C=CC1O2. The van der Waals surface area contributed by atoms with E-state index in [-0.39, 0.29) is 12.0 Å². The molecule has 2 atom stereocenters. The molecule has 1 aliphatic heterocycles. The van der Waals surface area contributed by atoms with Gasteiger partial charge in [-0.3, -0.25) is 0 Å². The second-order valence-electron chi connectivity index (χ2n) is 9.52. The molecule has 7 rings (SSSR count). The molecule has 34 heavy (non-hydrogen) atoms. The summed E-state index contributed by atoms with van der Waals surface area (Å²) in [6.07, 6.45) is 6.86. The molecule has 2 nitrogen and oxygen atoms in total. The maximum Gasteiger partial charge on any atom is 0.135 e. The molecule has 0 spiro atoms. The highest BCUT2D eigenvalue weighted by Crippen LogP contribution is 2.44. The van der Waals surface area contributed by atoms with Crippen molar-refractivity contribution in [2.45, 2.75) is 25.9 Å². The van der Waals surface area contributed by atoms with Crippen LogP contribution in [0.5, 0.6) is 5.75 Å². The van der Waals surface area contributed by atoms with E-state index in [0.717, 1.165) is 22.3 Å². The molecule has 0 N–H and O–H groups in total. The number of furan rings is 1. The normalized spacial score (nSPS) is 18.6. The Balaban J connectivity index is 1.29. The highest BCUT2D eigenvalue weighted by atomic mass is 16.5. The zero-order valence-corrected chi connectivity index (χ0v) is 19.2. The first-order valence-corrected chi connectivity index (χ1v) is 11.8. The summed E-state index contributed by atoms with van der Waals surface area (Å²) in [6.45, 7) is 4.26. The van der Waals surface area contributed by atoms with Crippen molar-refractivity contribution in [1.29, 1.82) is 0 Å². The number of hydrogen-bond donors (Lipinski definition) is 0. The molecule has 164 valence electrons. The van der Waals surface area contributed by atoms with Crippen LogP contribution >= 0.6 is 0 Å². The van der Waals surface area contributed by atoms with Crippen molar-refractivity contribution in [1.82, 2.24) is 0 Å². The number of allylic oxidation sites excluding steroid dienone is 2. The van der Waals surface area contributed by atoms with Crippen LogP contribution in [0.25, 0.3) is 38.6 Å². The lowest BCUT2D eigenvalue weighted by Gasteiger charge is -2.19. The third-order valence-electron chi connectivity index (χ3n) is 7.12. The Kier molecular flexibility index (Phi) is 4.13. The topological polar surface area (TPSA) is 22.4 Å². The maximum atomic E-state index is 6.18. The molecule has 0 radical (unpaired) electrons. The molecule has 2 unspecified atom stereocenters. The minimum Gasteiger partial charge on any atom is -0.485 e. The van der Waals surface area contributed by atoms with Crippen molar-refractivity contribution in [3.63, 3.8) is 0 Å². The molecule has 0 saturated carbocycles. The predicted octanol–water partition coefficient (Wildman–Crippen LogP) is 8.37. The predicted molar refractivity (Wildman–Crippen MR) is 139 cm³/mol. The Labute approximate surface area is 198 Å². The summed E-state index contributed by atoms with van der Waals surface area (Å²) in [4.78, 5) is 0.